The number of aliphatic hydroxyl groups excluding tert-OH is 1. The first-order valence-corrected chi connectivity index (χ1v) is 15.2. The Kier molecular flexibility index (Phi) is 6.41. The molecule has 5 rings (SSSR count). The highest BCUT2D eigenvalue weighted by Crippen LogP contribution is 2.88. The molecule has 6 nitrogen and oxygen atoms in total. The lowest BCUT2D eigenvalue weighted by Gasteiger charge is -2.63. The van der Waals surface area contributed by atoms with Crippen molar-refractivity contribution in [2.24, 2.45) is 50.7 Å². The molecule has 5 fully saturated rings. The Bertz CT molecular complexity index is 1040. The molecule has 0 heterocycles. The topological polar surface area (TPSA) is 86.7 Å². The lowest BCUT2D eigenvalue weighted by atomic mass is 9.41. The van der Waals surface area contributed by atoms with Crippen LogP contribution in [0.2, 0.25) is 0 Å². The standard InChI is InChI=1S/C32H52N2O4/c1-18(2)27(38)33-24-12-13-31-17-32(31)23(11-10-22(31)28(24,5)14-19(3)35)29(6)15-21(36)26(20(4)34(8)9)30(29,7)16-25(32)37/h18,20-24,26,36H,10-17H2,1-9H3,(H,33,38)/t20-,21+,22-,23-,24-,26-,28-,29-,30+,31+,32-/m0/s1. The van der Waals surface area contributed by atoms with Crippen molar-refractivity contribution >= 4 is 17.5 Å². The molecule has 5 aliphatic carbocycles. The Morgan fingerprint density at radius 1 is 1.05 bits per heavy atom. The van der Waals surface area contributed by atoms with Crippen LogP contribution in [-0.2, 0) is 14.4 Å². The van der Waals surface area contributed by atoms with Gasteiger partial charge in [-0.3, -0.25) is 9.59 Å². The van der Waals surface area contributed by atoms with E-state index >= 15 is 0 Å². The van der Waals surface area contributed by atoms with Crippen molar-refractivity contribution in [3.8, 4) is 0 Å². The molecule has 0 bridgehead atoms. The van der Waals surface area contributed by atoms with E-state index in [9.17, 15) is 19.5 Å². The van der Waals surface area contributed by atoms with E-state index in [4.69, 9.17) is 0 Å². The van der Waals surface area contributed by atoms with Crippen LogP contribution >= 0.6 is 0 Å². The van der Waals surface area contributed by atoms with Crippen LogP contribution in [0.25, 0.3) is 0 Å². The first-order chi connectivity index (χ1) is 17.5. The summed E-state index contributed by atoms with van der Waals surface area (Å²) in [6, 6.07) is 0.159. The highest BCUT2D eigenvalue weighted by Gasteiger charge is 2.86. The Balaban J connectivity index is 1.53. The molecule has 0 aliphatic heterocycles. The number of nitrogens with zero attached hydrogens (tertiary/aromatic N) is 1. The van der Waals surface area contributed by atoms with Gasteiger partial charge in [-0.15, -0.1) is 0 Å². The number of aliphatic hydroxyl groups is 1. The molecule has 11 atom stereocenters. The van der Waals surface area contributed by atoms with Crippen molar-refractivity contribution in [3.63, 3.8) is 0 Å². The molecule has 0 aromatic carbocycles. The molecule has 2 spiro atoms. The van der Waals surface area contributed by atoms with Gasteiger partial charge >= 0.3 is 0 Å². The van der Waals surface area contributed by atoms with Gasteiger partial charge in [0.1, 0.15) is 11.6 Å². The van der Waals surface area contributed by atoms with Crippen molar-refractivity contribution in [3.05, 3.63) is 0 Å². The summed E-state index contributed by atoms with van der Waals surface area (Å²) < 4.78 is 0. The molecule has 0 aromatic heterocycles. The SMILES string of the molecule is CC(=O)C[C@]1(C)[C@@H](NC(=O)C(C)C)CC[C@]23C[C@]24C(=O)C[C@]2(C)[C@@H]([C@H](C)N(C)C)[C@H](O)C[C@@]2(C)[C@@H]4CC[C@@H]13. The van der Waals surface area contributed by atoms with Crippen molar-refractivity contribution < 1.29 is 19.5 Å². The summed E-state index contributed by atoms with van der Waals surface area (Å²) >= 11 is 0. The van der Waals surface area contributed by atoms with E-state index in [0.717, 1.165) is 38.5 Å². The highest BCUT2D eigenvalue weighted by atomic mass is 16.3. The molecule has 214 valence electrons. The maximum absolute atomic E-state index is 14.5. The number of fused-ring (bicyclic) bond motifs is 2. The molecular weight excluding hydrogens is 476 g/mol. The number of nitrogens with one attached hydrogen (secondary N) is 1. The van der Waals surface area contributed by atoms with E-state index in [1.165, 1.54) is 0 Å². The number of ketones is 2. The zero-order chi connectivity index (χ0) is 28.2. The molecule has 0 aromatic rings. The Morgan fingerprint density at radius 2 is 1.68 bits per heavy atom. The van der Waals surface area contributed by atoms with E-state index in [1.54, 1.807) is 6.92 Å². The predicted molar refractivity (Wildman–Crippen MR) is 148 cm³/mol. The molecule has 5 aliphatic rings. The quantitative estimate of drug-likeness (QED) is 0.525. The van der Waals surface area contributed by atoms with Gasteiger partial charge < -0.3 is 20.1 Å². The second kappa shape index (κ2) is 8.61. The van der Waals surface area contributed by atoms with Crippen LogP contribution in [0.1, 0.15) is 99.8 Å². The number of carbonyl (C=O) groups excluding carboxylic acids is 3. The number of hydrogen-bond acceptors (Lipinski definition) is 5. The van der Waals surface area contributed by atoms with E-state index in [-0.39, 0.29) is 74.5 Å². The first kappa shape index (κ1) is 28.3. The van der Waals surface area contributed by atoms with E-state index < -0.39 is 6.10 Å². The molecule has 0 unspecified atom stereocenters. The summed E-state index contributed by atoms with van der Waals surface area (Å²) in [5, 5.41) is 14.8. The summed E-state index contributed by atoms with van der Waals surface area (Å²) in [5.41, 5.74) is -1.07. The van der Waals surface area contributed by atoms with Gasteiger partial charge in [-0.25, -0.2) is 0 Å². The smallest absolute Gasteiger partial charge is 0.222 e. The molecule has 5 saturated carbocycles. The zero-order valence-corrected chi connectivity index (χ0v) is 25.3. The lowest BCUT2D eigenvalue weighted by molar-refractivity contribution is -0.172. The molecule has 38 heavy (non-hydrogen) atoms. The van der Waals surface area contributed by atoms with E-state index in [0.29, 0.717) is 18.6 Å². The van der Waals surface area contributed by atoms with Gasteiger partial charge in [0, 0.05) is 42.2 Å². The number of hydrogen-bond donors (Lipinski definition) is 2. The third-order valence-corrected chi connectivity index (χ3v) is 13.5. The molecule has 0 saturated heterocycles. The second-order valence-corrected chi connectivity index (χ2v) is 15.6. The average molecular weight is 529 g/mol. The largest absolute Gasteiger partial charge is 0.393 e. The van der Waals surface area contributed by atoms with Gasteiger partial charge in [-0.1, -0.05) is 34.6 Å². The monoisotopic (exact) mass is 528 g/mol. The van der Waals surface area contributed by atoms with Gasteiger partial charge in [0.15, 0.2) is 0 Å². The average Bonchev–Trinajstić information content (AvgIpc) is 3.43. The van der Waals surface area contributed by atoms with Crippen LogP contribution in [0.4, 0.5) is 0 Å². The van der Waals surface area contributed by atoms with Crippen molar-refractivity contribution in [2.75, 3.05) is 14.1 Å². The third kappa shape index (κ3) is 3.34. The highest BCUT2D eigenvalue weighted by molar-refractivity contribution is 5.92. The van der Waals surface area contributed by atoms with Gasteiger partial charge in [-0.2, -0.15) is 0 Å². The normalized spacial score (nSPS) is 50.1. The fourth-order valence-corrected chi connectivity index (χ4v) is 11.6. The van der Waals surface area contributed by atoms with Gasteiger partial charge in [0.25, 0.3) is 0 Å². The third-order valence-electron chi connectivity index (χ3n) is 13.5. The van der Waals surface area contributed by atoms with Crippen LogP contribution in [0.3, 0.4) is 0 Å². The van der Waals surface area contributed by atoms with E-state index in [2.05, 4.69) is 52.0 Å². The van der Waals surface area contributed by atoms with Crippen LogP contribution < -0.4 is 5.32 Å². The van der Waals surface area contributed by atoms with Crippen LogP contribution in [0.5, 0.6) is 0 Å². The fraction of sp³-hybridized carbons (Fsp3) is 0.906. The molecule has 0 radical (unpaired) electrons. The predicted octanol–water partition coefficient (Wildman–Crippen LogP) is 4.63. The summed E-state index contributed by atoms with van der Waals surface area (Å²) in [5.74, 6) is 1.14. The van der Waals surface area contributed by atoms with Gasteiger partial charge in [-0.05, 0) is 100.0 Å². The maximum Gasteiger partial charge on any atom is 0.222 e. The minimum atomic E-state index is -0.400. The van der Waals surface area contributed by atoms with Crippen LogP contribution in [0, 0.1) is 50.7 Å². The molecular formula is C32H52N2O4. The Morgan fingerprint density at radius 3 is 2.26 bits per heavy atom. The van der Waals surface area contributed by atoms with E-state index in [1.807, 2.05) is 13.8 Å². The summed E-state index contributed by atoms with van der Waals surface area (Å²) in [6.07, 6.45) is 6.04. The zero-order valence-electron chi connectivity index (χ0n) is 25.3. The second-order valence-electron chi connectivity index (χ2n) is 15.6. The minimum absolute atomic E-state index is 0.0377. The van der Waals surface area contributed by atoms with Gasteiger partial charge in [0.2, 0.25) is 5.91 Å². The van der Waals surface area contributed by atoms with Gasteiger partial charge in [0.05, 0.1) is 6.10 Å². The number of amides is 1. The Labute approximate surface area is 230 Å². The fourth-order valence-electron chi connectivity index (χ4n) is 11.6. The summed E-state index contributed by atoms with van der Waals surface area (Å²) in [6.45, 7) is 14.6. The lowest BCUT2D eigenvalue weighted by Crippen LogP contribution is -2.63. The van der Waals surface area contributed by atoms with Crippen molar-refractivity contribution in [1.82, 2.24) is 10.2 Å². The van der Waals surface area contributed by atoms with Crippen molar-refractivity contribution in [2.45, 2.75) is 118 Å². The van der Waals surface area contributed by atoms with Crippen LogP contribution in [-0.4, -0.2) is 59.8 Å². The number of rotatable bonds is 6. The first-order valence-electron chi connectivity index (χ1n) is 15.2. The molecule has 6 heteroatoms. The molecule has 2 N–H and O–H groups in total. The summed E-state index contributed by atoms with van der Waals surface area (Å²) in [7, 11) is 4.16. The molecule has 1 amide bonds. The minimum Gasteiger partial charge on any atom is -0.393 e. The number of carbonyl (C=O) groups is 3. The van der Waals surface area contributed by atoms with Crippen LogP contribution in [0.15, 0.2) is 0 Å². The maximum atomic E-state index is 14.5. The summed E-state index contributed by atoms with van der Waals surface area (Å²) in [4.78, 5) is 42.2. The van der Waals surface area contributed by atoms with Crippen molar-refractivity contribution in [1.29, 1.82) is 0 Å². The Hall–Kier alpha value is -1.27. The number of Topliss-reactive ketones (excluding diaryl/α,β-unsaturated/α-hetero) is 2.